The summed E-state index contributed by atoms with van der Waals surface area (Å²) in [7, 11) is 0. The molecule has 0 saturated carbocycles. The van der Waals surface area contributed by atoms with Gasteiger partial charge in [-0.25, -0.2) is 9.59 Å². The van der Waals surface area contributed by atoms with E-state index in [1.807, 2.05) is 26.0 Å². The fraction of sp³-hybridized carbons (Fsp3) is 0.571. The minimum absolute atomic E-state index is 0.0466. The Morgan fingerprint density at radius 2 is 1.90 bits per heavy atom. The number of carboxylic acid groups (broad SMARTS) is 1. The van der Waals surface area contributed by atoms with Gasteiger partial charge >= 0.3 is 12.0 Å². The van der Waals surface area contributed by atoms with Crippen molar-refractivity contribution in [3.8, 4) is 0 Å². The van der Waals surface area contributed by atoms with Crippen LogP contribution >= 0.6 is 11.3 Å². The lowest BCUT2D eigenvalue weighted by Gasteiger charge is -2.20. The van der Waals surface area contributed by atoms with Crippen LogP contribution in [0.4, 0.5) is 4.79 Å². The van der Waals surface area contributed by atoms with Gasteiger partial charge in [-0.1, -0.05) is 13.8 Å². The van der Waals surface area contributed by atoms with Crippen LogP contribution in [0.15, 0.2) is 12.1 Å². The standard InChI is InChI=1S/C14H22N2O3S/c1-8(2)12(13(17)18)16-14(19)15-9(3)7-11-6-5-10(4)20-11/h5-6,8-9,12H,7H2,1-4H3,(H,17,18)(H2,15,16,19)/t9?,12-/m0/s1. The third-order valence-corrected chi connectivity index (χ3v) is 3.92. The summed E-state index contributed by atoms with van der Waals surface area (Å²) in [5.41, 5.74) is 0. The van der Waals surface area contributed by atoms with Gasteiger partial charge in [0.2, 0.25) is 0 Å². The van der Waals surface area contributed by atoms with Crippen molar-refractivity contribution in [2.75, 3.05) is 0 Å². The maximum atomic E-state index is 11.8. The van der Waals surface area contributed by atoms with Crippen LogP contribution in [0.2, 0.25) is 0 Å². The zero-order valence-electron chi connectivity index (χ0n) is 12.3. The first-order chi connectivity index (χ1) is 9.29. The zero-order chi connectivity index (χ0) is 15.3. The maximum Gasteiger partial charge on any atom is 0.326 e. The molecule has 3 N–H and O–H groups in total. The third kappa shape index (κ3) is 5.21. The molecule has 2 atom stereocenters. The van der Waals surface area contributed by atoms with Gasteiger partial charge in [-0.15, -0.1) is 11.3 Å². The van der Waals surface area contributed by atoms with Crippen LogP contribution in [-0.2, 0) is 11.2 Å². The average Bonchev–Trinajstić information content (AvgIpc) is 2.70. The molecular formula is C14H22N2O3S. The normalized spacial score (nSPS) is 13.8. The molecule has 0 radical (unpaired) electrons. The highest BCUT2D eigenvalue weighted by Gasteiger charge is 2.23. The van der Waals surface area contributed by atoms with Gasteiger partial charge in [0.25, 0.3) is 0 Å². The number of carbonyl (C=O) groups excluding carboxylic acids is 1. The Labute approximate surface area is 123 Å². The minimum Gasteiger partial charge on any atom is -0.480 e. The maximum absolute atomic E-state index is 11.8. The first-order valence-corrected chi connectivity index (χ1v) is 7.46. The van der Waals surface area contributed by atoms with Gasteiger partial charge in [0.05, 0.1) is 0 Å². The first kappa shape index (κ1) is 16.5. The van der Waals surface area contributed by atoms with Gasteiger partial charge in [0.15, 0.2) is 0 Å². The molecule has 6 heteroatoms. The van der Waals surface area contributed by atoms with Crippen molar-refractivity contribution in [1.82, 2.24) is 10.6 Å². The van der Waals surface area contributed by atoms with Crippen LogP contribution in [0.1, 0.15) is 30.5 Å². The number of urea groups is 1. The smallest absolute Gasteiger partial charge is 0.326 e. The van der Waals surface area contributed by atoms with E-state index in [0.29, 0.717) is 0 Å². The van der Waals surface area contributed by atoms with Gasteiger partial charge in [-0.2, -0.15) is 0 Å². The first-order valence-electron chi connectivity index (χ1n) is 6.64. The van der Waals surface area contributed by atoms with Gasteiger partial charge < -0.3 is 15.7 Å². The summed E-state index contributed by atoms with van der Waals surface area (Å²) in [6.45, 7) is 7.46. The van der Waals surface area contributed by atoms with Crippen molar-refractivity contribution >= 4 is 23.3 Å². The lowest BCUT2D eigenvalue weighted by atomic mass is 10.1. The fourth-order valence-electron chi connectivity index (χ4n) is 1.87. The van der Waals surface area contributed by atoms with Gasteiger partial charge in [0, 0.05) is 22.2 Å². The van der Waals surface area contributed by atoms with Crippen LogP contribution in [0.25, 0.3) is 0 Å². The minimum atomic E-state index is -1.02. The quantitative estimate of drug-likeness (QED) is 0.754. The van der Waals surface area contributed by atoms with E-state index in [9.17, 15) is 9.59 Å². The van der Waals surface area contributed by atoms with Gasteiger partial charge in [0.1, 0.15) is 6.04 Å². The average molecular weight is 298 g/mol. The van der Waals surface area contributed by atoms with Gasteiger partial charge in [-0.3, -0.25) is 0 Å². The van der Waals surface area contributed by atoms with E-state index in [1.165, 1.54) is 9.75 Å². The molecule has 2 amide bonds. The predicted molar refractivity (Wildman–Crippen MR) is 80.2 cm³/mol. The second-order valence-electron chi connectivity index (χ2n) is 5.30. The summed E-state index contributed by atoms with van der Waals surface area (Å²) in [4.78, 5) is 25.2. The lowest BCUT2D eigenvalue weighted by Crippen LogP contribution is -2.50. The summed E-state index contributed by atoms with van der Waals surface area (Å²) in [6.07, 6.45) is 0.741. The molecule has 1 rings (SSSR count). The summed E-state index contributed by atoms with van der Waals surface area (Å²) >= 11 is 1.70. The number of rotatable bonds is 6. The van der Waals surface area contributed by atoms with E-state index in [-0.39, 0.29) is 12.0 Å². The number of carboxylic acids is 1. The molecule has 0 fully saturated rings. The molecule has 112 valence electrons. The number of aliphatic carboxylic acids is 1. The summed E-state index contributed by atoms with van der Waals surface area (Å²) in [6, 6.07) is 2.74. The predicted octanol–water partition coefficient (Wildman–Crippen LogP) is 2.40. The number of thiophene rings is 1. The number of hydrogen-bond acceptors (Lipinski definition) is 3. The van der Waals surface area contributed by atoms with Crippen molar-refractivity contribution in [3.05, 3.63) is 21.9 Å². The molecule has 0 aliphatic carbocycles. The molecule has 20 heavy (non-hydrogen) atoms. The highest BCUT2D eigenvalue weighted by atomic mass is 32.1. The van der Waals surface area contributed by atoms with Crippen LogP contribution in [0, 0.1) is 12.8 Å². The number of carbonyl (C=O) groups is 2. The molecular weight excluding hydrogens is 276 g/mol. The van der Waals surface area contributed by atoms with E-state index >= 15 is 0 Å². The van der Waals surface area contributed by atoms with Crippen LogP contribution in [0.3, 0.4) is 0 Å². The second-order valence-corrected chi connectivity index (χ2v) is 6.67. The Morgan fingerprint density at radius 3 is 2.35 bits per heavy atom. The number of nitrogens with one attached hydrogen (secondary N) is 2. The van der Waals surface area contributed by atoms with Crippen molar-refractivity contribution in [2.24, 2.45) is 5.92 Å². The molecule has 0 aliphatic rings. The van der Waals surface area contributed by atoms with Crippen molar-refractivity contribution < 1.29 is 14.7 Å². The van der Waals surface area contributed by atoms with E-state index in [4.69, 9.17) is 5.11 Å². The summed E-state index contributed by atoms with van der Waals surface area (Å²) in [5, 5.41) is 14.3. The number of hydrogen-bond donors (Lipinski definition) is 3. The Morgan fingerprint density at radius 1 is 1.25 bits per heavy atom. The molecule has 0 spiro atoms. The summed E-state index contributed by atoms with van der Waals surface area (Å²) < 4.78 is 0. The van der Waals surface area contributed by atoms with E-state index in [2.05, 4.69) is 10.6 Å². The molecule has 5 nitrogen and oxygen atoms in total. The largest absolute Gasteiger partial charge is 0.480 e. The van der Waals surface area contributed by atoms with Crippen molar-refractivity contribution in [3.63, 3.8) is 0 Å². The highest BCUT2D eigenvalue weighted by molar-refractivity contribution is 7.11. The lowest BCUT2D eigenvalue weighted by molar-refractivity contribution is -0.140. The molecule has 1 heterocycles. The number of amides is 2. The Balaban J connectivity index is 2.46. The Bertz CT molecular complexity index is 471. The molecule has 0 saturated heterocycles. The monoisotopic (exact) mass is 298 g/mol. The number of aryl methyl sites for hydroxylation is 1. The van der Waals surface area contributed by atoms with Crippen molar-refractivity contribution in [2.45, 2.75) is 46.2 Å². The molecule has 1 aromatic heterocycles. The Hall–Kier alpha value is -1.56. The third-order valence-electron chi connectivity index (χ3n) is 2.90. The van der Waals surface area contributed by atoms with Crippen LogP contribution < -0.4 is 10.6 Å². The molecule has 0 aromatic carbocycles. The second kappa shape index (κ2) is 7.28. The van der Waals surface area contributed by atoms with E-state index in [0.717, 1.165) is 6.42 Å². The highest BCUT2D eigenvalue weighted by Crippen LogP contribution is 2.16. The molecule has 1 unspecified atom stereocenters. The zero-order valence-corrected chi connectivity index (χ0v) is 13.1. The van der Waals surface area contributed by atoms with Gasteiger partial charge in [-0.05, 0) is 31.9 Å². The fourth-order valence-corrected chi connectivity index (χ4v) is 2.89. The molecule has 1 aromatic rings. The van der Waals surface area contributed by atoms with Crippen LogP contribution in [-0.4, -0.2) is 29.2 Å². The molecule has 0 bridgehead atoms. The SMILES string of the molecule is Cc1ccc(CC(C)NC(=O)N[C@H](C(=O)O)C(C)C)s1. The van der Waals surface area contributed by atoms with Crippen LogP contribution in [0.5, 0.6) is 0 Å². The summed E-state index contributed by atoms with van der Waals surface area (Å²) in [5.74, 6) is -1.18. The van der Waals surface area contributed by atoms with E-state index in [1.54, 1.807) is 25.2 Å². The van der Waals surface area contributed by atoms with Crippen molar-refractivity contribution in [1.29, 1.82) is 0 Å². The van der Waals surface area contributed by atoms with E-state index < -0.39 is 18.0 Å². The topological polar surface area (TPSA) is 78.4 Å². The molecule has 0 aliphatic heterocycles. The Kier molecular flexibility index (Phi) is 6.01.